The van der Waals surface area contributed by atoms with Crippen LogP contribution in [0.3, 0.4) is 0 Å². The van der Waals surface area contributed by atoms with Gasteiger partial charge >= 0.3 is 0 Å². The molecule has 22 heavy (non-hydrogen) atoms. The number of hydrogen-bond donors (Lipinski definition) is 0. The van der Waals surface area contributed by atoms with Crippen molar-refractivity contribution in [1.29, 1.82) is 0 Å². The van der Waals surface area contributed by atoms with E-state index in [0.29, 0.717) is 9.79 Å². The van der Waals surface area contributed by atoms with Crippen molar-refractivity contribution in [1.82, 2.24) is 0 Å². The van der Waals surface area contributed by atoms with Gasteiger partial charge in [-0.1, -0.05) is 42.5 Å². The fourth-order valence-electron chi connectivity index (χ4n) is 1.97. The summed E-state index contributed by atoms with van der Waals surface area (Å²) in [7, 11) is 0.712. The molecule has 0 saturated heterocycles. The fourth-order valence-corrected chi connectivity index (χ4v) is 6.00. The van der Waals surface area contributed by atoms with Gasteiger partial charge in [0.1, 0.15) is 20.7 Å². The van der Waals surface area contributed by atoms with Gasteiger partial charge in [-0.25, -0.2) is 8.78 Å². The summed E-state index contributed by atoms with van der Waals surface area (Å²) in [5.74, 6) is -0.616. The van der Waals surface area contributed by atoms with Gasteiger partial charge in [0.25, 0.3) is 0 Å². The lowest BCUT2D eigenvalue weighted by Gasteiger charge is -2.07. The van der Waals surface area contributed by atoms with Crippen LogP contribution in [-0.4, -0.2) is 0 Å². The van der Waals surface area contributed by atoms with E-state index in [9.17, 15) is 8.78 Å². The molecule has 0 atom stereocenters. The van der Waals surface area contributed by atoms with Gasteiger partial charge in [-0.15, -0.1) is 0 Å². The van der Waals surface area contributed by atoms with E-state index in [1.165, 1.54) is 22.9 Å². The van der Waals surface area contributed by atoms with Crippen molar-refractivity contribution in [2.24, 2.45) is 0 Å². The summed E-state index contributed by atoms with van der Waals surface area (Å²) in [4.78, 5) is 2.01. The molecular formula is C18H13F2S2+. The normalized spacial score (nSPS) is 10.9. The monoisotopic (exact) mass is 331 g/mol. The highest BCUT2D eigenvalue weighted by atomic mass is 33.1. The van der Waals surface area contributed by atoms with Gasteiger partial charge in [0.2, 0.25) is 9.79 Å². The lowest BCUT2D eigenvalue weighted by molar-refractivity contribution is 0.595. The molecule has 0 N–H and O–H groups in total. The molecule has 0 bridgehead atoms. The van der Waals surface area contributed by atoms with Gasteiger partial charge in [-0.3, -0.25) is 0 Å². The van der Waals surface area contributed by atoms with Crippen LogP contribution in [0.4, 0.5) is 8.78 Å². The maximum atomic E-state index is 14.2. The summed E-state index contributed by atoms with van der Waals surface area (Å²) < 4.78 is 28.5. The largest absolute Gasteiger partial charge is 0.209 e. The summed E-state index contributed by atoms with van der Waals surface area (Å²) in [5, 5.41) is 0. The molecule has 0 unspecified atom stereocenters. The SMILES string of the molecule is Fc1ccccc1[S+](Sc1ccccc1)c1ccccc1F. The molecule has 0 saturated carbocycles. The van der Waals surface area contributed by atoms with E-state index in [4.69, 9.17) is 0 Å². The summed E-state index contributed by atoms with van der Waals surface area (Å²) >= 11 is 0. The molecule has 0 aliphatic carbocycles. The zero-order valence-electron chi connectivity index (χ0n) is 11.6. The quantitative estimate of drug-likeness (QED) is 0.436. The van der Waals surface area contributed by atoms with Gasteiger partial charge in [0.15, 0.2) is 11.6 Å². The average molecular weight is 331 g/mol. The van der Waals surface area contributed by atoms with Gasteiger partial charge in [-0.2, -0.15) is 0 Å². The van der Waals surface area contributed by atoms with Crippen LogP contribution in [0.5, 0.6) is 0 Å². The van der Waals surface area contributed by atoms with Crippen molar-refractivity contribution in [3.63, 3.8) is 0 Å². The topological polar surface area (TPSA) is 0 Å². The third-order valence-corrected chi connectivity index (χ3v) is 7.24. The Morgan fingerprint density at radius 3 is 1.55 bits per heavy atom. The first-order valence-electron chi connectivity index (χ1n) is 6.72. The summed E-state index contributed by atoms with van der Waals surface area (Å²) in [5.41, 5.74) is 0. The lowest BCUT2D eigenvalue weighted by atomic mass is 10.3. The highest BCUT2D eigenvalue weighted by Crippen LogP contribution is 2.40. The molecular weight excluding hydrogens is 318 g/mol. The zero-order valence-corrected chi connectivity index (χ0v) is 13.2. The summed E-state index contributed by atoms with van der Waals surface area (Å²) in [6.45, 7) is 0. The molecule has 3 rings (SSSR count). The Labute approximate surface area is 134 Å². The van der Waals surface area contributed by atoms with E-state index >= 15 is 0 Å². The molecule has 0 aliphatic rings. The molecule has 0 fully saturated rings. The Kier molecular flexibility index (Phi) is 4.80. The van der Waals surface area contributed by atoms with E-state index in [1.54, 1.807) is 36.4 Å². The van der Waals surface area contributed by atoms with Gasteiger partial charge in [0.05, 0.1) is 4.90 Å². The summed E-state index contributed by atoms with van der Waals surface area (Å²) in [6.07, 6.45) is 0. The minimum atomic E-state index is -0.759. The molecule has 0 aromatic heterocycles. The molecule has 3 aromatic rings. The van der Waals surface area contributed by atoms with Crippen LogP contribution in [0.15, 0.2) is 93.5 Å². The van der Waals surface area contributed by atoms with Crippen molar-refractivity contribution in [2.45, 2.75) is 14.7 Å². The third-order valence-electron chi connectivity index (χ3n) is 3.00. The van der Waals surface area contributed by atoms with Crippen LogP contribution in [0.1, 0.15) is 0 Å². The molecule has 4 heteroatoms. The third kappa shape index (κ3) is 3.34. The van der Waals surface area contributed by atoms with Crippen LogP contribution in [0, 0.1) is 11.6 Å². The Morgan fingerprint density at radius 2 is 1.05 bits per heavy atom. The molecule has 110 valence electrons. The first-order chi connectivity index (χ1) is 10.8. The molecule has 0 aliphatic heterocycles. The van der Waals surface area contributed by atoms with Gasteiger partial charge in [-0.05, 0) is 36.4 Å². The van der Waals surface area contributed by atoms with Crippen LogP contribution in [0.25, 0.3) is 0 Å². The Balaban J connectivity index is 2.07. The highest BCUT2D eigenvalue weighted by molar-refractivity contribution is 8.74. The molecule has 0 spiro atoms. The fraction of sp³-hybridized carbons (Fsp3) is 0. The predicted molar refractivity (Wildman–Crippen MR) is 89.0 cm³/mol. The molecule has 0 nitrogen and oxygen atoms in total. The molecule has 0 heterocycles. The highest BCUT2D eigenvalue weighted by Gasteiger charge is 2.34. The van der Waals surface area contributed by atoms with E-state index in [1.807, 2.05) is 30.3 Å². The summed E-state index contributed by atoms with van der Waals surface area (Å²) in [6, 6.07) is 22.8. The minimum absolute atomic E-state index is 0.308. The van der Waals surface area contributed by atoms with E-state index < -0.39 is 9.93 Å². The van der Waals surface area contributed by atoms with Gasteiger partial charge in [0, 0.05) is 0 Å². The second-order valence-corrected chi connectivity index (χ2v) is 8.08. The molecule has 3 aromatic carbocycles. The van der Waals surface area contributed by atoms with Crippen molar-refractivity contribution < 1.29 is 8.78 Å². The Hall–Kier alpha value is -1.78. The van der Waals surface area contributed by atoms with E-state index in [-0.39, 0.29) is 11.6 Å². The van der Waals surface area contributed by atoms with Crippen LogP contribution in [0.2, 0.25) is 0 Å². The number of halogens is 2. The smallest absolute Gasteiger partial charge is 0.201 e. The van der Waals surface area contributed by atoms with Crippen molar-refractivity contribution in [3.8, 4) is 0 Å². The standard InChI is InChI=1S/C18H13F2S2/c19-15-10-4-6-12-17(15)22(18-13-7-5-11-16(18)20)21-14-8-2-1-3-9-14/h1-13H/q+1. The first kappa shape index (κ1) is 15.1. The number of benzene rings is 3. The maximum Gasteiger partial charge on any atom is 0.209 e. The molecule has 0 amide bonds. The molecule has 0 radical (unpaired) electrons. The second kappa shape index (κ2) is 6.99. The van der Waals surface area contributed by atoms with Crippen LogP contribution >= 0.6 is 10.8 Å². The number of rotatable bonds is 4. The minimum Gasteiger partial charge on any atom is -0.201 e. The lowest BCUT2D eigenvalue weighted by Crippen LogP contribution is -2.04. The van der Waals surface area contributed by atoms with Crippen molar-refractivity contribution in [3.05, 3.63) is 90.5 Å². The van der Waals surface area contributed by atoms with Crippen molar-refractivity contribution >= 4 is 20.7 Å². The predicted octanol–water partition coefficient (Wildman–Crippen LogP) is 5.71. The van der Waals surface area contributed by atoms with E-state index in [2.05, 4.69) is 0 Å². The Bertz CT molecular complexity index is 714. The number of hydrogen-bond acceptors (Lipinski definition) is 1. The van der Waals surface area contributed by atoms with E-state index in [0.717, 1.165) is 4.90 Å². The second-order valence-electron chi connectivity index (χ2n) is 4.53. The van der Waals surface area contributed by atoms with Crippen LogP contribution in [-0.2, 0) is 9.93 Å². The zero-order chi connectivity index (χ0) is 15.4. The maximum absolute atomic E-state index is 14.2. The van der Waals surface area contributed by atoms with Gasteiger partial charge < -0.3 is 0 Å². The van der Waals surface area contributed by atoms with Crippen LogP contribution < -0.4 is 0 Å². The average Bonchev–Trinajstić information content (AvgIpc) is 2.55. The van der Waals surface area contributed by atoms with Crippen molar-refractivity contribution in [2.75, 3.05) is 0 Å². The first-order valence-corrected chi connectivity index (χ1v) is 9.28. The Morgan fingerprint density at radius 1 is 0.591 bits per heavy atom.